The summed E-state index contributed by atoms with van der Waals surface area (Å²) in [5.41, 5.74) is 1.14. The van der Waals surface area contributed by atoms with Crippen LogP contribution in [0.25, 0.3) is 0 Å². The SMILES string of the molecule is CCCCCOc1ccc(C(=O)NC(=S)Nc2ccc(Cl)nc2)cc1. The number of carbonyl (C=O) groups excluding carboxylic acids is 1. The lowest BCUT2D eigenvalue weighted by Crippen LogP contribution is -2.34. The average Bonchev–Trinajstić information content (AvgIpc) is 2.61. The Balaban J connectivity index is 1.83. The first kappa shape index (κ1) is 19.1. The number of nitrogens with one attached hydrogen (secondary N) is 2. The van der Waals surface area contributed by atoms with Crippen LogP contribution in [-0.4, -0.2) is 22.6 Å². The van der Waals surface area contributed by atoms with Gasteiger partial charge in [0.05, 0.1) is 18.5 Å². The highest BCUT2D eigenvalue weighted by atomic mass is 35.5. The van der Waals surface area contributed by atoms with Crippen molar-refractivity contribution >= 4 is 40.5 Å². The first-order chi connectivity index (χ1) is 12.1. The van der Waals surface area contributed by atoms with Gasteiger partial charge >= 0.3 is 0 Å². The number of amides is 1. The minimum Gasteiger partial charge on any atom is -0.494 e. The second-order valence-corrected chi connectivity index (χ2v) is 6.15. The second kappa shape index (κ2) is 9.96. The lowest BCUT2D eigenvalue weighted by molar-refractivity contribution is 0.0977. The number of thiocarbonyl (C=S) groups is 1. The number of ether oxygens (including phenoxy) is 1. The fraction of sp³-hybridized carbons (Fsp3) is 0.278. The molecular weight excluding hydrogens is 358 g/mol. The molecule has 1 heterocycles. The topological polar surface area (TPSA) is 63.2 Å². The second-order valence-electron chi connectivity index (χ2n) is 5.36. The number of pyridine rings is 1. The molecule has 0 unspecified atom stereocenters. The molecule has 2 N–H and O–H groups in total. The van der Waals surface area contributed by atoms with Crippen molar-refractivity contribution in [2.45, 2.75) is 26.2 Å². The number of rotatable bonds is 7. The summed E-state index contributed by atoms with van der Waals surface area (Å²) in [5, 5.41) is 6.07. The van der Waals surface area contributed by atoms with E-state index in [9.17, 15) is 4.79 Å². The minimum atomic E-state index is -0.294. The van der Waals surface area contributed by atoms with Crippen LogP contribution in [0, 0.1) is 0 Å². The molecule has 0 aliphatic heterocycles. The maximum atomic E-state index is 12.2. The summed E-state index contributed by atoms with van der Waals surface area (Å²) >= 11 is 10.8. The van der Waals surface area contributed by atoms with Crippen LogP contribution >= 0.6 is 23.8 Å². The number of hydrogen-bond acceptors (Lipinski definition) is 4. The smallest absolute Gasteiger partial charge is 0.257 e. The summed E-state index contributed by atoms with van der Waals surface area (Å²) in [6.07, 6.45) is 4.86. The molecule has 0 aliphatic rings. The fourth-order valence-electron chi connectivity index (χ4n) is 2.03. The molecular formula is C18H20ClN3O2S. The molecule has 0 saturated carbocycles. The third kappa shape index (κ3) is 6.68. The van der Waals surface area contributed by atoms with Crippen LogP contribution in [0.5, 0.6) is 5.75 Å². The van der Waals surface area contributed by atoms with Crippen LogP contribution in [0.15, 0.2) is 42.6 Å². The molecule has 0 fully saturated rings. The Labute approximate surface area is 157 Å². The summed E-state index contributed by atoms with van der Waals surface area (Å²) < 4.78 is 5.62. The van der Waals surface area contributed by atoms with Gasteiger partial charge in [0, 0.05) is 5.56 Å². The molecule has 2 aromatic rings. The Morgan fingerprint density at radius 1 is 1.20 bits per heavy atom. The quantitative estimate of drug-likeness (QED) is 0.424. The molecule has 0 bridgehead atoms. The Hall–Kier alpha value is -2.18. The van der Waals surface area contributed by atoms with Gasteiger partial charge in [-0.1, -0.05) is 31.4 Å². The summed E-state index contributed by atoms with van der Waals surface area (Å²) in [4.78, 5) is 16.1. The van der Waals surface area contributed by atoms with Crippen LogP contribution in [0.2, 0.25) is 5.15 Å². The number of aromatic nitrogens is 1. The molecule has 1 aromatic carbocycles. The molecule has 1 aromatic heterocycles. The van der Waals surface area contributed by atoms with E-state index in [2.05, 4.69) is 22.5 Å². The van der Waals surface area contributed by atoms with Gasteiger partial charge in [0.25, 0.3) is 5.91 Å². The summed E-state index contributed by atoms with van der Waals surface area (Å²) in [6.45, 7) is 2.83. The molecule has 0 spiro atoms. The van der Waals surface area contributed by atoms with E-state index in [1.54, 1.807) is 36.4 Å². The van der Waals surface area contributed by atoms with Crippen molar-refractivity contribution in [3.05, 3.63) is 53.3 Å². The Bertz CT molecular complexity index is 705. The van der Waals surface area contributed by atoms with Crippen molar-refractivity contribution in [2.75, 3.05) is 11.9 Å². The van der Waals surface area contributed by atoms with Crippen molar-refractivity contribution in [2.24, 2.45) is 0 Å². The molecule has 0 aliphatic carbocycles. The highest BCUT2D eigenvalue weighted by Gasteiger charge is 2.08. The molecule has 132 valence electrons. The largest absolute Gasteiger partial charge is 0.494 e. The monoisotopic (exact) mass is 377 g/mol. The Morgan fingerprint density at radius 2 is 1.96 bits per heavy atom. The number of benzene rings is 1. The van der Waals surface area contributed by atoms with E-state index in [0.717, 1.165) is 25.0 Å². The van der Waals surface area contributed by atoms with Gasteiger partial charge in [0.15, 0.2) is 5.11 Å². The number of halogens is 1. The van der Waals surface area contributed by atoms with Crippen LogP contribution in [0.3, 0.4) is 0 Å². The summed E-state index contributed by atoms with van der Waals surface area (Å²) in [6, 6.07) is 10.3. The molecule has 0 saturated heterocycles. The number of anilines is 1. The first-order valence-corrected chi connectivity index (χ1v) is 8.84. The van der Waals surface area contributed by atoms with Crippen LogP contribution in [0.1, 0.15) is 36.5 Å². The van der Waals surface area contributed by atoms with E-state index in [0.29, 0.717) is 23.0 Å². The molecule has 0 atom stereocenters. The van der Waals surface area contributed by atoms with E-state index in [-0.39, 0.29) is 11.0 Å². The predicted molar refractivity (Wildman–Crippen MR) is 104 cm³/mol. The van der Waals surface area contributed by atoms with Gasteiger partial charge in [-0.15, -0.1) is 0 Å². The lowest BCUT2D eigenvalue weighted by atomic mass is 10.2. The highest BCUT2D eigenvalue weighted by molar-refractivity contribution is 7.80. The van der Waals surface area contributed by atoms with Gasteiger partial charge in [-0.2, -0.15) is 0 Å². The maximum Gasteiger partial charge on any atom is 0.257 e. The molecule has 5 nitrogen and oxygen atoms in total. The zero-order chi connectivity index (χ0) is 18.1. The molecule has 0 radical (unpaired) electrons. The van der Waals surface area contributed by atoms with E-state index in [1.807, 2.05) is 0 Å². The van der Waals surface area contributed by atoms with Gasteiger partial charge < -0.3 is 10.1 Å². The first-order valence-electron chi connectivity index (χ1n) is 8.05. The number of nitrogens with zero attached hydrogens (tertiary/aromatic N) is 1. The zero-order valence-electron chi connectivity index (χ0n) is 13.9. The normalized spacial score (nSPS) is 10.2. The van der Waals surface area contributed by atoms with Crippen LogP contribution < -0.4 is 15.4 Å². The number of carbonyl (C=O) groups is 1. The molecule has 1 amide bonds. The van der Waals surface area contributed by atoms with Crippen LogP contribution in [0.4, 0.5) is 5.69 Å². The number of hydrogen-bond donors (Lipinski definition) is 2. The highest BCUT2D eigenvalue weighted by Crippen LogP contribution is 2.13. The minimum absolute atomic E-state index is 0.189. The van der Waals surface area contributed by atoms with Gasteiger partial charge in [0.1, 0.15) is 10.9 Å². The third-order valence-electron chi connectivity index (χ3n) is 3.35. The van der Waals surface area contributed by atoms with Gasteiger partial charge in [-0.25, -0.2) is 4.98 Å². The molecule has 25 heavy (non-hydrogen) atoms. The Morgan fingerprint density at radius 3 is 2.60 bits per heavy atom. The van der Waals surface area contributed by atoms with Crippen LogP contribution in [-0.2, 0) is 0 Å². The van der Waals surface area contributed by atoms with E-state index in [1.165, 1.54) is 6.20 Å². The third-order valence-corrected chi connectivity index (χ3v) is 3.77. The standard InChI is InChI=1S/C18H20ClN3O2S/c1-2-3-4-11-24-15-8-5-13(6-9-15)17(23)22-18(25)21-14-7-10-16(19)20-12-14/h5-10,12H,2-4,11H2,1H3,(H2,21,22,23,25). The van der Waals surface area contributed by atoms with Crippen molar-refractivity contribution in [1.29, 1.82) is 0 Å². The van der Waals surface area contributed by atoms with Gasteiger partial charge in [-0.3, -0.25) is 10.1 Å². The van der Waals surface area contributed by atoms with Crippen molar-refractivity contribution in [3.63, 3.8) is 0 Å². The van der Waals surface area contributed by atoms with Gasteiger partial charge in [-0.05, 0) is 55.0 Å². The number of unbranched alkanes of at least 4 members (excludes halogenated alkanes) is 2. The van der Waals surface area contributed by atoms with E-state index in [4.69, 9.17) is 28.6 Å². The summed E-state index contributed by atoms with van der Waals surface area (Å²) in [7, 11) is 0. The van der Waals surface area contributed by atoms with E-state index < -0.39 is 0 Å². The molecule has 2 rings (SSSR count). The van der Waals surface area contributed by atoms with E-state index >= 15 is 0 Å². The lowest BCUT2D eigenvalue weighted by Gasteiger charge is -2.10. The van der Waals surface area contributed by atoms with Crippen molar-refractivity contribution in [1.82, 2.24) is 10.3 Å². The summed E-state index contributed by atoms with van der Waals surface area (Å²) in [5.74, 6) is 0.456. The molecule has 7 heteroatoms. The maximum absolute atomic E-state index is 12.2. The van der Waals surface area contributed by atoms with Gasteiger partial charge in [0.2, 0.25) is 0 Å². The van der Waals surface area contributed by atoms with Crippen molar-refractivity contribution in [3.8, 4) is 5.75 Å². The average molecular weight is 378 g/mol. The fourth-order valence-corrected chi connectivity index (χ4v) is 2.35. The Kier molecular flexibility index (Phi) is 7.63. The predicted octanol–water partition coefficient (Wildman–Crippen LogP) is 4.43. The zero-order valence-corrected chi connectivity index (χ0v) is 15.5. The van der Waals surface area contributed by atoms with Crippen molar-refractivity contribution < 1.29 is 9.53 Å².